The van der Waals surface area contributed by atoms with Crippen LogP contribution in [0.5, 0.6) is 0 Å². The number of hydrogen-bond donors (Lipinski definition) is 0. The average Bonchev–Trinajstić information content (AvgIpc) is 2.29. The van der Waals surface area contributed by atoms with Gasteiger partial charge in [0.25, 0.3) is 5.91 Å². The van der Waals surface area contributed by atoms with E-state index in [4.69, 9.17) is 0 Å². The van der Waals surface area contributed by atoms with Crippen LogP contribution in [0, 0.1) is 6.92 Å². The first-order valence-electron chi connectivity index (χ1n) is 5.56. The zero-order valence-electron chi connectivity index (χ0n) is 9.57. The van der Waals surface area contributed by atoms with Gasteiger partial charge < -0.3 is 4.90 Å². The summed E-state index contributed by atoms with van der Waals surface area (Å²) in [6.07, 6.45) is 1.83. The Balaban J connectivity index is 2.10. The molecule has 1 aliphatic heterocycles. The van der Waals surface area contributed by atoms with Crippen LogP contribution in [0.3, 0.4) is 0 Å². The van der Waals surface area contributed by atoms with Crippen molar-refractivity contribution in [1.82, 2.24) is 9.88 Å². The van der Waals surface area contributed by atoms with E-state index in [0.717, 1.165) is 31.6 Å². The lowest BCUT2D eigenvalue weighted by Gasteiger charge is -2.27. The molecule has 0 aliphatic carbocycles. The largest absolute Gasteiger partial charge is 0.337 e. The second kappa shape index (κ2) is 4.47. The molecule has 1 aromatic heterocycles. The number of aryl methyl sites for hydroxylation is 1. The highest BCUT2D eigenvalue weighted by atomic mass is 16.2. The molecule has 1 aromatic rings. The Hall–Kier alpha value is -1.64. The van der Waals surface area contributed by atoms with Crippen LogP contribution in [-0.4, -0.2) is 28.9 Å². The van der Waals surface area contributed by atoms with Gasteiger partial charge in [-0.2, -0.15) is 0 Å². The van der Waals surface area contributed by atoms with Crippen LogP contribution in [0.1, 0.15) is 29.0 Å². The minimum absolute atomic E-state index is 0.0381. The Kier molecular flexibility index (Phi) is 3.04. The molecule has 0 unspecified atom stereocenters. The molecule has 3 heteroatoms. The molecule has 0 spiro atoms. The van der Waals surface area contributed by atoms with Crippen molar-refractivity contribution >= 4 is 5.91 Å². The van der Waals surface area contributed by atoms with E-state index in [1.165, 1.54) is 5.57 Å². The molecule has 0 saturated carbocycles. The Morgan fingerprint density at radius 3 is 2.69 bits per heavy atom. The molecule has 2 heterocycles. The van der Waals surface area contributed by atoms with Gasteiger partial charge in [-0.3, -0.25) is 4.79 Å². The summed E-state index contributed by atoms with van der Waals surface area (Å²) in [5.41, 5.74) is 2.67. The number of likely N-dealkylation sites (tertiary alicyclic amines) is 1. The topological polar surface area (TPSA) is 33.2 Å². The second-order valence-electron chi connectivity index (χ2n) is 4.21. The van der Waals surface area contributed by atoms with Gasteiger partial charge in [-0.1, -0.05) is 18.2 Å². The molecule has 1 fully saturated rings. The van der Waals surface area contributed by atoms with Gasteiger partial charge >= 0.3 is 0 Å². The lowest BCUT2D eigenvalue weighted by atomic mass is 10.1. The molecule has 0 N–H and O–H groups in total. The first-order chi connectivity index (χ1) is 7.66. The van der Waals surface area contributed by atoms with E-state index < -0.39 is 0 Å². The van der Waals surface area contributed by atoms with Crippen molar-refractivity contribution in [1.29, 1.82) is 0 Å². The molecule has 84 valence electrons. The molecule has 3 nitrogen and oxygen atoms in total. The fourth-order valence-corrected chi connectivity index (χ4v) is 1.85. The van der Waals surface area contributed by atoms with Crippen molar-refractivity contribution in [2.24, 2.45) is 0 Å². The van der Waals surface area contributed by atoms with E-state index in [1.807, 2.05) is 24.0 Å². The minimum Gasteiger partial charge on any atom is -0.337 e. The second-order valence-corrected chi connectivity index (χ2v) is 4.21. The summed E-state index contributed by atoms with van der Waals surface area (Å²) >= 11 is 0. The predicted octanol–water partition coefficient (Wildman–Crippen LogP) is 2.18. The summed E-state index contributed by atoms with van der Waals surface area (Å²) in [4.78, 5) is 18.2. The summed E-state index contributed by atoms with van der Waals surface area (Å²) in [6, 6.07) is 5.55. The molecule has 2 rings (SSSR count). The quantitative estimate of drug-likeness (QED) is 0.674. The first-order valence-corrected chi connectivity index (χ1v) is 5.56. The van der Waals surface area contributed by atoms with Gasteiger partial charge in [0.1, 0.15) is 5.69 Å². The maximum atomic E-state index is 12.1. The number of amides is 1. The van der Waals surface area contributed by atoms with Gasteiger partial charge in [0.2, 0.25) is 0 Å². The molecule has 1 amide bonds. The highest BCUT2D eigenvalue weighted by Crippen LogP contribution is 2.15. The lowest BCUT2D eigenvalue weighted by Crippen LogP contribution is -2.36. The standard InChI is InChI=1S/C13H16N2O/c1-10-6-8-15(9-7-10)13(16)12-5-3-4-11(2)14-12/h3-5H,1,6-9H2,2H3. The Bertz CT molecular complexity index is 416. The number of nitrogens with zero attached hydrogens (tertiary/aromatic N) is 2. The highest BCUT2D eigenvalue weighted by molar-refractivity contribution is 5.92. The molecule has 0 radical (unpaired) electrons. The van der Waals surface area contributed by atoms with E-state index in [0.29, 0.717) is 5.69 Å². The van der Waals surface area contributed by atoms with Crippen molar-refractivity contribution in [3.63, 3.8) is 0 Å². The fourth-order valence-electron chi connectivity index (χ4n) is 1.85. The lowest BCUT2D eigenvalue weighted by molar-refractivity contribution is 0.0737. The SMILES string of the molecule is C=C1CCN(C(=O)c2cccc(C)n2)CC1. The smallest absolute Gasteiger partial charge is 0.272 e. The molecule has 0 atom stereocenters. The van der Waals surface area contributed by atoms with Crippen LogP contribution in [0.25, 0.3) is 0 Å². The van der Waals surface area contributed by atoms with Gasteiger partial charge in [-0.15, -0.1) is 0 Å². The third-order valence-electron chi connectivity index (χ3n) is 2.87. The summed E-state index contributed by atoms with van der Waals surface area (Å²) in [5, 5.41) is 0. The van der Waals surface area contributed by atoms with Gasteiger partial charge in [0, 0.05) is 18.8 Å². The number of carbonyl (C=O) groups excluding carboxylic acids is 1. The zero-order valence-corrected chi connectivity index (χ0v) is 9.57. The first kappa shape index (κ1) is 10.9. The van der Waals surface area contributed by atoms with E-state index in [2.05, 4.69) is 11.6 Å². The summed E-state index contributed by atoms with van der Waals surface area (Å²) in [6.45, 7) is 7.38. The maximum Gasteiger partial charge on any atom is 0.272 e. The molecule has 1 saturated heterocycles. The summed E-state index contributed by atoms with van der Waals surface area (Å²) < 4.78 is 0. The predicted molar refractivity (Wildman–Crippen MR) is 63.3 cm³/mol. The molecular formula is C13H16N2O. The van der Waals surface area contributed by atoms with Crippen molar-refractivity contribution < 1.29 is 4.79 Å². The van der Waals surface area contributed by atoms with Crippen LogP contribution >= 0.6 is 0 Å². The maximum absolute atomic E-state index is 12.1. The van der Waals surface area contributed by atoms with E-state index in [1.54, 1.807) is 6.07 Å². The number of hydrogen-bond acceptors (Lipinski definition) is 2. The van der Waals surface area contributed by atoms with Gasteiger partial charge in [0.05, 0.1) is 0 Å². The van der Waals surface area contributed by atoms with Crippen molar-refractivity contribution in [3.8, 4) is 0 Å². The third-order valence-corrected chi connectivity index (χ3v) is 2.87. The van der Waals surface area contributed by atoms with Crippen LogP contribution in [0.4, 0.5) is 0 Å². The number of piperidine rings is 1. The van der Waals surface area contributed by atoms with Crippen LogP contribution < -0.4 is 0 Å². The monoisotopic (exact) mass is 216 g/mol. The third kappa shape index (κ3) is 2.30. The normalized spacial score (nSPS) is 16.3. The number of aromatic nitrogens is 1. The van der Waals surface area contributed by atoms with Crippen LogP contribution in [0.15, 0.2) is 30.4 Å². The van der Waals surface area contributed by atoms with Crippen LogP contribution in [0.2, 0.25) is 0 Å². The average molecular weight is 216 g/mol. The summed E-state index contributed by atoms with van der Waals surface area (Å²) in [5.74, 6) is 0.0381. The Morgan fingerprint density at radius 2 is 2.06 bits per heavy atom. The minimum atomic E-state index is 0.0381. The number of carbonyl (C=O) groups is 1. The van der Waals surface area contributed by atoms with Gasteiger partial charge in [-0.25, -0.2) is 4.98 Å². The van der Waals surface area contributed by atoms with Crippen molar-refractivity contribution in [2.45, 2.75) is 19.8 Å². The molecule has 0 aromatic carbocycles. The molecule has 0 bridgehead atoms. The van der Waals surface area contributed by atoms with Gasteiger partial charge in [-0.05, 0) is 31.9 Å². The van der Waals surface area contributed by atoms with E-state index >= 15 is 0 Å². The van der Waals surface area contributed by atoms with Crippen molar-refractivity contribution in [2.75, 3.05) is 13.1 Å². The zero-order chi connectivity index (χ0) is 11.5. The van der Waals surface area contributed by atoms with Crippen molar-refractivity contribution in [3.05, 3.63) is 41.7 Å². The highest BCUT2D eigenvalue weighted by Gasteiger charge is 2.20. The number of rotatable bonds is 1. The molecular weight excluding hydrogens is 200 g/mol. The number of pyridine rings is 1. The Labute approximate surface area is 95.8 Å². The molecule has 16 heavy (non-hydrogen) atoms. The van der Waals surface area contributed by atoms with Crippen LogP contribution in [-0.2, 0) is 0 Å². The van der Waals surface area contributed by atoms with Gasteiger partial charge in [0.15, 0.2) is 0 Å². The van der Waals surface area contributed by atoms with E-state index in [9.17, 15) is 4.79 Å². The van der Waals surface area contributed by atoms with E-state index in [-0.39, 0.29) is 5.91 Å². The Morgan fingerprint density at radius 1 is 1.38 bits per heavy atom. The molecule has 1 aliphatic rings. The summed E-state index contributed by atoms with van der Waals surface area (Å²) in [7, 11) is 0. The fraction of sp³-hybridized carbons (Fsp3) is 0.385.